The van der Waals surface area contributed by atoms with Crippen LogP contribution in [0.4, 0.5) is 0 Å². The Bertz CT molecular complexity index is 171. The molecule has 8 heavy (non-hydrogen) atoms. The van der Waals surface area contributed by atoms with Gasteiger partial charge in [-0.3, -0.25) is 4.68 Å². The SMILES string of the molecule is C[B]c1cnn(C)c1. The molecule has 1 heterocycles. The summed E-state index contributed by atoms with van der Waals surface area (Å²) in [5, 5.41) is 3.97. The van der Waals surface area contributed by atoms with E-state index in [2.05, 4.69) is 5.10 Å². The van der Waals surface area contributed by atoms with E-state index in [-0.39, 0.29) is 0 Å². The van der Waals surface area contributed by atoms with Crippen LogP contribution in [-0.2, 0) is 7.05 Å². The first kappa shape index (κ1) is 5.41. The molecule has 1 aromatic heterocycles. The second kappa shape index (κ2) is 2.03. The Kier molecular flexibility index (Phi) is 1.37. The van der Waals surface area contributed by atoms with Gasteiger partial charge in [-0.05, 0) is 0 Å². The van der Waals surface area contributed by atoms with Crippen molar-refractivity contribution in [3.63, 3.8) is 0 Å². The molecule has 0 fully saturated rings. The number of aryl methyl sites for hydroxylation is 1. The molecule has 0 spiro atoms. The summed E-state index contributed by atoms with van der Waals surface area (Å²) in [5.74, 6) is 0. The van der Waals surface area contributed by atoms with Crippen molar-refractivity contribution in [3.05, 3.63) is 12.4 Å². The number of rotatable bonds is 1. The van der Waals surface area contributed by atoms with E-state index in [1.165, 1.54) is 5.46 Å². The van der Waals surface area contributed by atoms with E-state index in [4.69, 9.17) is 0 Å². The van der Waals surface area contributed by atoms with Crippen LogP contribution in [0.15, 0.2) is 12.4 Å². The third kappa shape index (κ3) is 0.913. The van der Waals surface area contributed by atoms with Gasteiger partial charge in [-0.25, -0.2) is 0 Å². The minimum Gasteiger partial charge on any atom is -0.276 e. The summed E-state index contributed by atoms with van der Waals surface area (Å²) < 4.78 is 1.79. The Morgan fingerprint density at radius 3 is 2.75 bits per heavy atom. The van der Waals surface area contributed by atoms with Gasteiger partial charge in [0.25, 0.3) is 0 Å². The predicted molar refractivity (Wildman–Crippen MR) is 34.5 cm³/mol. The maximum Gasteiger partial charge on any atom is 0.152 e. The van der Waals surface area contributed by atoms with Gasteiger partial charge in [0.05, 0.1) is 0 Å². The lowest BCUT2D eigenvalue weighted by atomic mass is 9.76. The molecule has 0 unspecified atom stereocenters. The topological polar surface area (TPSA) is 17.8 Å². The summed E-state index contributed by atoms with van der Waals surface area (Å²) in [5.41, 5.74) is 1.17. The molecule has 0 aromatic carbocycles. The zero-order chi connectivity index (χ0) is 5.98. The van der Waals surface area contributed by atoms with Crippen molar-refractivity contribution in [3.8, 4) is 0 Å². The second-order valence-corrected chi connectivity index (χ2v) is 1.74. The number of aromatic nitrogens is 2. The lowest BCUT2D eigenvalue weighted by Gasteiger charge is -1.80. The molecular weight excluding hydrogens is 98.9 g/mol. The molecule has 0 amide bonds. The van der Waals surface area contributed by atoms with Crippen LogP contribution in [0.5, 0.6) is 0 Å². The summed E-state index contributed by atoms with van der Waals surface area (Å²) in [6, 6.07) is 0. The monoisotopic (exact) mass is 107 g/mol. The quantitative estimate of drug-likeness (QED) is 0.454. The van der Waals surface area contributed by atoms with Crippen molar-refractivity contribution in [1.82, 2.24) is 9.78 Å². The van der Waals surface area contributed by atoms with Crippen molar-refractivity contribution in [2.75, 3.05) is 0 Å². The summed E-state index contributed by atoms with van der Waals surface area (Å²) >= 11 is 0. The molecule has 1 aromatic rings. The van der Waals surface area contributed by atoms with Crippen molar-refractivity contribution in [1.29, 1.82) is 0 Å². The van der Waals surface area contributed by atoms with Crippen LogP contribution in [0.25, 0.3) is 0 Å². The van der Waals surface area contributed by atoms with Gasteiger partial charge in [-0.15, -0.1) is 0 Å². The molecule has 0 saturated heterocycles. The van der Waals surface area contributed by atoms with E-state index in [1.807, 2.05) is 33.5 Å². The molecule has 0 aliphatic carbocycles. The van der Waals surface area contributed by atoms with Gasteiger partial charge in [0.2, 0.25) is 0 Å². The summed E-state index contributed by atoms with van der Waals surface area (Å²) in [6.45, 7) is 2.00. The maximum absolute atomic E-state index is 3.97. The fraction of sp³-hybridized carbons (Fsp3) is 0.400. The Morgan fingerprint density at radius 2 is 2.50 bits per heavy atom. The molecule has 2 nitrogen and oxygen atoms in total. The highest BCUT2D eigenvalue weighted by atomic mass is 15.2. The molecule has 0 N–H and O–H groups in total. The predicted octanol–water partition coefficient (Wildman–Crippen LogP) is -0.202. The van der Waals surface area contributed by atoms with E-state index in [0.717, 1.165) is 0 Å². The number of hydrogen-bond donors (Lipinski definition) is 0. The van der Waals surface area contributed by atoms with Crippen LogP contribution in [0, 0.1) is 0 Å². The third-order valence-corrected chi connectivity index (χ3v) is 1.06. The van der Waals surface area contributed by atoms with Crippen LogP contribution in [0.1, 0.15) is 0 Å². The zero-order valence-corrected chi connectivity index (χ0v) is 5.13. The van der Waals surface area contributed by atoms with E-state index in [1.54, 1.807) is 4.68 Å². The van der Waals surface area contributed by atoms with Crippen molar-refractivity contribution in [2.45, 2.75) is 6.82 Å². The largest absolute Gasteiger partial charge is 0.276 e. The standard InChI is InChI=1S/C5H8BN2/c1-6-5-3-7-8(2)4-5/h3-4H,1-2H3. The molecule has 0 aliphatic rings. The molecule has 0 atom stereocenters. The van der Waals surface area contributed by atoms with E-state index in [9.17, 15) is 0 Å². The highest BCUT2D eigenvalue weighted by Crippen LogP contribution is 1.73. The van der Waals surface area contributed by atoms with E-state index >= 15 is 0 Å². The Labute approximate surface area is 49.8 Å². The van der Waals surface area contributed by atoms with Gasteiger partial charge in [0, 0.05) is 19.4 Å². The molecular formula is C5H8BN2. The van der Waals surface area contributed by atoms with Gasteiger partial charge in [-0.1, -0.05) is 12.3 Å². The van der Waals surface area contributed by atoms with Crippen LogP contribution in [-0.4, -0.2) is 17.1 Å². The molecule has 0 bridgehead atoms. The Morgan fingerprint density at radius 1 is 1.75 bits per heavy atom. The molecule has 1 radical (unpaired) electrons. The fourth-order valence-corrected chi connectivity index (χ4v) is 0.589. The fourth-order valence-electron chi connectivity index (χ4n) is 0.589. The van der Waals surface area contributed by atoms with Gasteiger partial charge in [-0.2, -0.15) is 5.10 Å². The third-order valence-electron chi connectivity index (χ3n) is 1.06. The molecule has 0 saturated carbocycles. The van der Waals surface area contributed by atoms with Crippen LogP contribution < -0.4 is 5.46 Å². The summed E-state index contributed by atoms with van der Waals surface area (Å²) in [4.78, 5) is 0. The lowest BCUT2D eigenvalue weighted by Crippen LogP contribution is -2.06. The van der Waals surface area contributed by atoms with Gasteiger partial charge < -0.3 is 0 Å². The minimum absolute atomic E-state index is 1.17. The van der Waals surface area contributed by atoms with Crippen LogP contribution in [0.2, 0.25) is 6.82 Å². The second-order valence-electron chi connectivity index (χ2n) is 1.74. The van der Waals surface area contributed by atoms with Crippen LogP contribution in [0.3, 0.4) is 0 Å². The average Bonchev–Trinajstić information content (AvgIpc) is 2.14. The molecule has 41 valence electrons. The highest BCUT2D eigenvalue weighted by Gasteiger charge is 1.89. The summed E-state index contributed by atoms with van der Waals surface area (Å²) in [7, 11) is 3.93. The minimum atomic E-state index is 1.17. The van der Waals surface area contributed by atoms with Gasteiger partial charge in [0.1, 0.15) is 0 Å². The maximum atomic E-state index is 3.97. The first-order chi connectivity index (χ1) is 3.83. The van der Waals surface area contributed by atoms with Crippen molar-refractivity contribution < 1.29 is 0 Å². The van der Waals surface area contributed by atoms with Crippen molar-refractivity contribution >= 4 is 12.7 Å². The lowest BCUT2D eigenvalue weighted by molar-refractivity contribution is 0.768. The first-order valence-electron chi connectivity index (χ1n) is 2.61. The zero-order valence-electron chi connectivity index (χ0n) is 5.13. The smallest absolute Gasteiger partial charge is 0.152 e. The van der Waals surface area contributed by atoms with E-state index < -0.39 is 0 Å². The first-order valence-corrected chi connectivity index (χ1v) is 2.61. The molecule has 0 aliphatic heterocycles. The average molecular weight is 107 g/mol. The normalized spacial score (nSPS) is 9.25. The molecule has 3 heteroatoms. The molecule has 1 rings (SSSR count). The number of hydrogen-bond acceptors (Lipinski definition) is 1. The number of nitrogens with zero attached hydrogens (tertiary/aromatic N) is 2. The van der Waals surface area contributed by atoms with E-state index in [0.29, 0.717) is 0 Å². The summed E-state index contributed by atoms with van der Waals surface area (Å²) in [6.07, 6.45) is 3.81. The highest BCUT2D eigenvalue weighted by molar-refractivity contribution is 6.51. The van der Waals surface area contributed by atoms with Gasteiger partial charge >= 0.3 is 0 Å². The van der Waals surface area contributed by atoms with Crippen LogP contribution >= 0.6 is 0 Å². The Hall–Kier alpha value is -0.725. The Balaban J connectivity index is 2.84. The van der Waals surface area contributed by atoms with Crippen molar-refractivity contribution in [2.24, 2.45) is 7.05 Å². The van der Waals surface area contributed by atoms with Gasteiger partial charge in [0.15, 0.2) is 7.28 Å².